The smallest absolute Gasteiger partial charge is 0.244 e. The van der Waals surface area contributed by atoms with Gasteiger partial charge < -0.3 is 10.6 Å². The molecule has 28 heavy (non-hydrogen) atoms. The molecule has 4 nitrogen and oxygen atoms in total. The van der Waals surface area contributed by atoms with Crippen LogP contribution < -0.4 is 10.6 Å². The molecule has 0 aliphatic carbocycles. The van der Waals surface area contributed by atoms with E-state index in [2.05, 4.69) is 15.6 Å². The molecule has 0 saturated heterocycles. The van der Waals surface area contributed by atoms with Gasteiger partial charge in [-0.25, -0.2) is 0 Å². The molecule has 0 fully saturated rings. The lowest BCUT2D eigenvalue weighted by Crippen LogP contribution is -2.24. The normalized spacial score (nSPS) is 11.9. The quantitative estimate of drug-likeness (QED) is 0.541. The predicted molar refractivity (Wildman–Crippen MR) is 115 cm³/mol. The van der Waals surface area contributed by atoms with Gasteiger partial charge in [-0.1, -0.05) is 41.9 Å². The highest BCUT2D eigenvalue weighted by Gasteiger charge is 2.08. The van der Waals surface area contributed by atoms with Gasteiger partial charge in [0.1, 0.15) is 0 Å². The number of benzene rings is 2. The van der Waals surface area contributed by atoms with Gasteiger partial charge in [-0.05, 0) is 60.0 Å². The summed E-state index contributed by atoms with van der Waals surface area (Å²) in [6.07, 6.45) is 6.87. The summed E-state index contributed by atoms with van der Waals surface area (Å²) in [5.41, 5.74) is 4.02. The van der Waals surface area contributed by atoms with Crippen LogP contribution in [0.1, 0.15) is 29.7 Å². The molecule has 2 aromatic carbocycles. The molecule has 5 heteroatoms. The maximum Gasteiger partial charge on any atom is 0.244 e. The third kappa shape index (κ3) is 5.96. The number of pyridine rings is 1. The molecular formula is C23H22ClN3O. The van der Waals surface area contributed by atoms with E-state index in [0.717, 1.165) is 22.4 Å². The third-order valence-corrected chi connectivity index (χ3v) is 4.48. The van der Waals surface area contributed by atoms with Crippen LogP contribution in [0.4, 0.5) is 5.69 Å². The average Bonchev–Trinajstić information content (AvgIpc) is 2.72. The number of carbonyl (C=O) groups is 1. The molecule has 1 aromatic heterocycles. The fourth-order valence-electron chi connectivity index (χ4n) is 2.75. The van der Waals surface area contributed by atoms with Crippen LogP contribution in [-0.4, -0.2) is 10.9 Å². The summed E-state index contributed by atoms with van der Waals surface area (Å²) < 4.78 is 0. The van der Waals surface area contributed by atoms with E-state index < -0.39 is 0 Å². The lowest BCUT2D eigenvalue weighted by molar-refractivity contribution is -0.117. The van der Waals surface area contributed by atoms with Crippen LogP contribution in [0.3, 0.4) is 0 Å². The number of nitrogens with one attached hydrogen (secondary N) is 2. The molecule has 0 unspecified atom stereocenters. The SMILES string of the molecule is C[C@H](NC(=O)C=Cc1cccc(Cl)c1)c1cccc(NCc2cccnc2)c1. The molecule has 1 atom stereocenters. The fraction of sp³-hybridized carbons (Fsp3) is 0.130. The number of hydrogen-bond donors (Lipinski definition) is 2. The fourth-order valence-corrected chi connectivity index (χ4v) is 2.95. The van der Waals surface area contributed by atoms with Crippen LogP contribution in [0.25, 0.3) is 6.08 Å². The number of halogens is 1. The Kier molecular flexibility index (Phi) is 6.82. The summed E-state index contributed by atoms with van der Waals surface area (Å²) in [4.78, 5) is 16.3. The van der Waals surface area contributed by atoms with Crippen LogP contribution >= 0.6 is 11.6 Å². The molecule has 1 amide bonds. The maximum absolute atomic E-state index is 12.2. The minimum Gasteiger partial charge on any atom is -0.381 e. The highest BCUT2D eigenvalue weighted by Crippen LogP contribution is 2.18. The van der Waals surface area contributed by atoms with Crippen LogP contribution in [0.5, 0.6) is 0 Å². The average molecular weight is 392 g/mol. The minimum atomic E-state index is -0.152. The van der Waals surface area contributed by atoms with Crippen LogP contribution in [0.15, 0.2) is 79.1 Å². The minimum absolute atomic E-state index is 0.114. The summed E-state index contributed by atoms with van der Waals surface area (Å²) in [7, 11) is 0. The number of amides is 1. The molecule has 0 radical (unpaired) electrons. The van der Waals surface area contributed by atoms with E-state index in [0.29, 0.717) is 11.6 Å². The Morgan fingerprint density at radius 1 is 1.14 bits per heavy atom. The Morgan fingerprint density at radius 3 is 2.79 bits per heavy atom. The van der Waals surface area contributed by atoms with Gasteiger partial charge in [0.15, 0.2) is 0 Å². The van der Waals surface area contributed by atoms with E-state index in [1.807, 2.05) is 67.7 Å². The number of carbonyl (C=O) groups excluding carboxylic acids is 1. The summed E-state index contributed by atoms with van der Waals surface area (Å²) in [5.74, 6) is -0.152. The Labute approximate surface area is 170 Å². The highest BCUT2D eigenvalue weighted by molar-refractivity contribution is 6.30. The number of rotatable bonds is 7. The Balaban J connectivity index is 1.57. The van der Waals surface area contributed by atoms with Gasteiger partial charge in [0, 0.05) is 35.7 Å². The van der Waals surface area contributed by atoms with Gasteiger partial charge in [0.05, 0.1) is 6.04 Å². The standard InChI is InChI=1S/C23H22ClN3O/c1-17(27-23(28)11-10-18-5-2-8-21(24)13-18)20-7-3-9-22(14-20)26-16-19-6-4-12-25-15-19/h2-15,17,26H,16H2,1H3,(H,27,28)/t17-/m0/s1. The van der Waals surface area contributed by atoms with Gasteiger partial charge in [0.2, 0.25) is 5.91 Å². The van der Waals surface area contributed by atoms with Crippen molar-refractivity contribution in [1.29, 1.82) is 0 Å². The van der Waals surface area contributed by atoms with E-state index in [-0.39, 0.29) is 11.9 Å². The zero-order valence-corrected chi connectivity index (χ0v) is 16.4. The molecule has 2 N–H and O–H groups in total. The summed E-state index contributed by atoms with van der Waals surface area (Å²) in [5, 5.41) is 7.01. The largest absolute Gasteiger partial charge is 0.381 e. The van der Waals surface area contributed by atoms with Crippen molar-refractivity contribution >= 4 is 29.3 Å². The lowest BCUT2D eigenvalue weighted by atomic mass is 10.1. The van der Waals surface area contributed by atoms with Gasteiger partial charge in [-0.3, -0.25) is 9.78 Å². The maximum atomic E-state index is 12.2. The molecule has 1 heterocycles. The van der Waals surface area contributed by atoms with Gasteiger partial charge >= 0.3 is 0 Å². The molecule has 142 valence electrons. The van der Waals surface area contributed by atoms with Crippen molar-refractivity contribution in [1.82, 2.24) is 10.3 Å². The first-order valence-corrected chi connectivity index (χ1v) is 9.45. The molecule has 3 aromatic rings. The molecular weight excluding hydrogens is 370 g/mol. The van der Waals surface area contributed by atoms with Gasteiger partial charge in [0.25, 0.3) is 0 Å². The van der Waals surface area contributed by atoms with Crippen molar-refractivity contribution in [2.75, 3.05) is 5.32 Å². The first-order chi connectivity index (χ1) is 13.6. The molecule has 0 aliphatic heterocycles. The monoisotopic (exact) mass is 391 g/mol. The zero-order valence-electron chi connectivity index (χ0n) is 15.6. The second-order valence-electron chi connectivity index (χ2n) is 6.46. The zero-order chi connectivity index (χ0) is 19.8. The number of anilines is 1. The molecule has 3 rings (SSSR count). The second-order valence-corrected chi connectivity index (χ2v) is 6.90. The van der Waals surface area contributed by atoms with Crippen molar-refractivity contribution < 1.29 is 4.79 Å². The Hall–Kier alpha value is -3.11. The highest BCUT2D eigenvalue weighted by atomic mass is 35.5. The van der Waals surface area contributed by atoms with Gasteiger partial charge in [-0.15, -0.1) is 0 Å². The predicted octanol–water partition coefficient (Wildman–Crippen LogP) is 5.24. The van der Waals surface area contributed by atoms with Crippen molar-refractivity contribution in [2.45, 2.75) is 19.5 Å². The third-order valence-electron chi connectivity index (χ3n) is 4.24. The second kappa shape index (κ2) is 9.72. The van der Waals surface area contributed by atoms with E-state index in [1.54, 1.807) is 18.3 Å². The summed E-state index contributed by atoms with van der Waals surface area (Å²) in [6.45, 7) is 2.66. The van der Waals surface area contributed by atoms with Crippen molar-refractivity contribution in [3.8, 4) is 0 Å². The molecule has 0 saturated carbocycles. The Bertz CT molecular complexity index is 957. The molecule has 0 bridgehead atoms. The van der Waals surface area contributed by atoms with E-state index in [9.17, 15) is 4.79 Å². The first-order valence-electron chi connectivity index (χ1n) is 9.07. The van der Waals surface area contributed by atoms with Crippen LogP contribution in [-0.2, 0) is 11.3 Å². The van der Waals surface area contributed by atoms with Crippen molar-refractivity contribution in [3.05, 3.63) is 101 Å². The van der Waals surface area contributed by atoms with E-state index in [1.165, 1.54) is 6.08 Å². The number of hydrogen-bond acceptors (Lipinski definition) is 3. The first kappa shape index (κ1) is 19.6. The summed E-state index contributed by atoms with van der Waals surface area (Å²) >= 11 is 5.96. The lowest BCUT2D eigenvalue weighted by Gasteiger charge is -2.15. The number of nitrogens with zero attached hydrogens (tertiary/aromatic N) is 1. The van der Waals surface area contributed by atoms with Crippen LogP contribution in [0, 0.1) is 0 Å². The van der Waals surface area contributed by atoms with Crippen LogP contribution in [0.2, 0.25) is 5.02 Å². The van der Waals surface area contributed by atoms with Crippen molar-refractivity contribution in [2.24, 2.45) is 0 Å². The summed E-state index contributed by atoms with van der Waals surface area (Å²) in [6, 6.07) is 19.2. The van der Waals surface area contributed by atoms with E-state index in [4.69, 9.17) is 11.6 Å². The van der Waals surface area contributed by atoms with E-state index >= 15 is 0 Å². The molecule has 0 aliphatic rings. The van der Waals surface area contributed by atoms with Gasteiger partial charge in [-0.2, -0.15) is 0 Å². The topological polar surface area (TPSA) is 54.0 Å². The van der Waals surface area contributed by atoms with Crippen molar-refractivity contribution in [3.63, 3.8) is 0 Å². The number of aromatic nitrogens is 1. The molecule has 0 spiro atoms. The Morgan fingerprint density at radius 2 is 2.00 bits per heavy atom.